The summed E-state index contributed by atoms with van der Waals surface area (Å²) in [6.07, 6.45) is 4.12. The van der Waals surface area contributed by atoms with Gasteiger partial charge in [0.05, 0.1) is 0 Å². The molecule has 0 unspecified atom stereocenters. The van der Waals surface area contributed by atoms with Crippen LogP contribution in [0.4, 0.5) is 17.5 Å². The largest absolute Gasteiger partial charge is 0.354 e. The highest BCUT2D eigenvalue weighted by molar-refractivity contribution is 6.31. The van der Waals surface area contributed by atoms with Gasteiger partial charge in [-0.2, -0.15) is 9.97 Å². The summed E-state index contributed by atoms with van der Waals surface area (Å²) < 4.78 is 0. The lowest BCUT2D eigenvalue weighted by Gasteiger charge is -2.11. The van der Waals surface area contributed by atoms with Crippen LogP contribution in [0, 0.1) is 6.92 Å². The molecule has 2 aromatic carbocycles. The number of benzene rings is 2. The van der Waals surface area contributed by atoms with Crippen molar-refractivity contribution in [3.8, 4) is 0 Å². The predicted molar refractivity (Wildman–Crippen MR) is 113 cm³/mol. The fourth-order valence-corrected chi connectivity index (χ4v) is 2.98. The van der Waals surface area contributed by atoms with Crippen LogP contribution < -0.4 is 10.6 Å². The molecule has 2 heterocycles. The number of anilines is 3. The van der Waals surface area contributed by atoms with Crippen molar-refractivity contribution in [1.82, 2.24) is 19.9 Å². The van der Waals surface area contributed by atoms with Crippen LogP contribution in [0.25, 0.3) is 11.2 Å². The van der Waals surface area contributed by atoms with Crippen LogP contribution in [-0.4, -0.2) is 26.5 Å². The van der Waals surface area contributed by atoms with Gasteiger partial charge in [-0.15, -0.1) is 0 Å². The smallest absolute Gasteiger partial charge is 0.226 e. The Balaban J connectivity index is 1.58. The fraction of sp³-hybridized carbons (Fsp3) is 0.143. The zero-order valence-electron chi connectivity index (χ0n) is 15.4. The van der Waals surface area contributed by atoms with Crippen LogP contribution in [0.5, 0.6) is 0 Å². The third kappa shape index (κ3) is 4.18. The number of hydrogen-bond donors (Lipinski definition) is 2. The summed E-state index contributed by atoms with van der Waals surface area (Å²) in [5, 5.41) is 7.25. The second-order valence-corrected chi connectivity index (χ2v) is 6.78. The van der Waals surface area contributed by atoms with E-state index in [1.165, 1.54) is 5.56 Å². The summed E-state index contributed by atoms with van der Waals surface area (Å²) in [5.74, 6) is 1.09. The van der Waals surface area contributed by atoms with Crippen LogP contribution in [0.15, 0.2) is 60.9 Å². The van der Waals surface area contributed by atoms with Gasteiger partial charge in [0.15, 0.2) is 17.0 Å². The minimum Gasteiger partial charge on any atom is -0.354 e. The maximum atomic E-state index is 6.24. The zero-order chi connectivity index (χ0) is 19.3. The highest BCUT2D eigenvalue weighted by Crippen LogP contribution is 2.25. The van der Waals surface area contributed by atoms with Crippen LogP contribution in [0.2, 0.25) is 5.02 Å². The van der Waals surface area contributed by atoms with Gasteiger partial charge in [0.25, 0.3) is 0 Å². The third-order valence-corrected chi connectivity index (χ3v) is 4.71. The van der Waals surface area contributed by atoms with E-state index in [1.54, 1.807) is 12.4 Å². The summed E-state index contributed by atoms with van der Waals surface area (Å²) in [5.41, 5.74) is 4.23. The Hall–Kier alpha value is -3.25. The van der Waals surface area contributed by atoms with Crippen molar-refractivity contribution in [2.24, 2.45) is 0 Å². The molecule has 0 radical (unpaired) electrons. The molecule has 0 aliphatic heterocycles. The summed E-state index contributed by atoms with van der Waals surface area (Å²) in [7, 11) is 0. The van der Waals surface area contributed by atoms with E-state index >= 15 is 0 Å². The molecule has 0 atom stereocenters. The van der Waals surface area contributed by atoms with Gasteiger partial charge < -0.3 is 10.6 Å². The molecule has 0 saturated carbocycles. The minimum atomic E-state index is 0.504. The number of halogens is 1. The first kappa shape index (κ1) is 18.1. The van der Waals surface area contributed by atoms with E-state index in [-0.39, 0.29) is 0 Å². The number of aromatic nitrogens is 4. The lowest BCUT2D eigenvalue weighted by atomic mass is 10.1. The highest BCUT2D eigenvalue weighted by Gasteiger charge is 2.11. The van der Waals surface area contributed by atoms with Gasteiger partial charge in [0, 0.05) is 29.6 Å². The summed E-state index contributed by atoms with van der Waals surface area (Å²) in [6.45, 7) is 2.68. The van der Waals surface area contributed by atoms with Gasteiger partial charge in [-0.05, 0) is 36.6 Å². The fourth-order valence-electron chi connectivity index (χ4n) is 2.80. The maximum Gasteiger partial charge on any atom is 0.226 e. The van der Waals surface area contributed by atoms with Gasteiger partial charge in [0.1, 0.15) is 0 Å². The van der Waals surface area contributed by atoms with Gasteiger partial charge in [-0.25, -0.2) is 9.97 Å². The summed E-state index contributed by atoms with van der Waals surface area (Å²) in [4.78, 5) is 17.8. The Morgan fingerprint density at radius 3 is 2.61 bits per heavy atom. The average Bonchev–Trinajstić information content (AvgIpc) is 2.72. The average molecular weight is 391 g/mol. The first-order chi connectivity index (χ1) is 13.7. The Labute approximate surface area is 168 Å². The molecule has 2 aromatic heterocycles. The first-order valence-electron chi connectivity index (χ1n) is 8.99. The second-order valence-electron chi connectivity index (χ2n) is 6.38. The number of aryl methyl sites for hydroxylation is 1. The SMILES string of the molecule is Cc1ccc(Nc2nc(NCCc3ccccc3)nc3nccnc23)cc1Cl. The van der Waals surface area contributed by atoms with E-state index in [9.17, 15) is 0 Å². The molecule has 0 spiro atoms. The van der Waals surface area contributed by atoms with Gasteiger partial charge in [-0.3, -0.25) is 0 Å². The van der Waals surface area contributed by atoms with Gasteiger partial charge in [-0.1, -0.05) is 48.0 Å². The van der Waals surface area contributed by atoms with E-state index in [1.807, 2.05) is 43.3 Å². The molecule has 0 fully saturated rings. The molecule has 0 aliphatic carbocycles. The lowest BCUT2D eigenvalue weighted by Crippen LogP contribution is -2.10. The normalized spacial score (nSPS) is 10.8. The zero-order valence-corrected chi connectivity index (χ0v) is 16.1. The van der Waals surface area contributed by atoms with Crippen molar-refractivity contribution in [1.29, 1.82) is 0 Å². The molecule has 7 heteroatoms. The first-order valence-corrected chi connectivity index (χ1v) is 9.36. The molecule has 4 aromatic rings. The molecule has 140 valence electrons. The highest BCUT2D eigenvalue weighted by atomic mass is 35.5. The van der Waals surface area contributed by atoms with Crippen LogP contribution >= 0.6 is 11.6 Å². The molecule has 2 N–H and O–H groups in total. The Morgan fingerprint density at radius 2 is 1.79 bits per heavy atom. The third-order valence-electron chi connectivity index (χ3n) is 4.31. The van der Waals surface area contributed by atoms with Crippen molar-refractivity contribution in [2.75, 3.05) is 17.2 Å². The van der Waals surface area contributed by atoms with Crippen molar-refractivity contribution in [3.63, 3.8) is 0 Å². The van der Waals surface area contributed by atoms with E-state index in [4.69, 9.17) is 11.6 Å². The molecule has 4 rings (SSSR count). The Kier molecular flexibility index (Phi) is 5.30. The summed E-state index contributed by atoms with van der Waals surface area (Å²) >= 11 is 6.24. The van der Waals surface area contributed by atoms with E-state index in [0.717, 1.165) is 17.7 Å². The topological polar surface area (TPSA) is 75.6 Å². The van der Waals surface area contributed by atoms with E-state index < -0.39 is 0 Å². The molecule has 0 amide bonds. The molecular formula is C21H19ClN6. The van der Waals surface area contributed by atoms with Crippen molar-refractivity contribution < 1.29 is 0 Å². The Bertz CT molecular complexity index is 1100. The maximum absolute atomic E-state index is 6.24. The standard InChI is InChI=1S/C21H19ClN6/c1-14-7-8-16(13-17(14)22)26-20-18-19(24-12-11-23-18)27-21(28-20)25-10-9-15-5-3-2-4-6-15/h2-8,11-13H,9-10H2,1H3,(H2,24,25,26,27,28). The van der Waals surface area contributed by atoms with Crippen LogP contribution in [-0.2, 0) is 6.42 Å². The predicted octanol–water partition coefficient (Wildman–Crippen LogP) is 4.78. The van der Waals surface area contributed by atoms with Crippen LogP contribution in [0.1, 0.15) is 11.1 Å². The lowest BCUT2D eigenvalue weighted by molar-refractivity contribution is 0.987. The number of rotatable bonds is 6. The molecule has 0 aliphatic rings. The van der Waals surface area contributed by atoms with Crippen molar-refractivity contribution in [2.45, 2.75) is 13.3 Å². The molecule has 0 saturated heterocycles. The molecule has 6 nitrogen and oxygen atoms in total. The van der Waals surface area contributed by atoms with Crippen molar-refractivity contribution in [3.05, 3.63) is 77.1 Å². The molecule has 0 bridgehead atoms. The quantitative estimate of drug-likeness (QED) is 0.493. The monoisotopic (exact) mass is 390 g/mol. The van der Waals surface area contributed by atoms with E-state index in [2.05, 4.69) is 42.7 Å². The molecular weight excluding hydrogens is 372 g/mol. The van der Waals surface area contributed by atoms with Gasteiger partial charge in [0.2, 0.25) is 5.95 Å². The van der Waals surface area contributed by atoms with E-state index in [0.29, 0.717) is 34.5 Å². The number of nitrogens with zero attached hydrogens (tertiary/aromatic N) is 4. The number of nitrogens with one attached hydrogen (secondary N) is 2. The van der Waals surface area contributed by atoms with Crippen molar-refractivity contribution >= 4 is 40.2 Å². The summed E-state index contributed by atoms with van der Waals surface area (Å²) in [6, 6.07) is 16.1. The van der Waals surface area contributed by atoms with Gasteiger partial charge >= 0.3 is 0 Å². The number of hydrogen-bond acceptors (Lipinski definition) is 6. The Morgan fingerprint density at radius 1 is 0.964 bits per heavy atom. The van der Waals surface area contributed by atoms with Crippen LogP contribution in [0.3, 0.4) is 0 Å². The minimum absolute atomic E-state index is 0.504. The second kappa shape index (κ2) is 8.19. The molecule has 28 heavy (non-hydrogen) atoms. The number of fused-ring (bicyclic) bond motifs is 1.